The molecule has 0 amide bonds. The normalized spacial score (nSPS) is 10.0. The minimum absolute atomic E-state index is 0.496. The Labute approximate surface area is 74.1 Å². The van der Waals surface area contributed by atoms with Gasteiger partial charge in [0.2, 0.25) is 0 Å². The predicted molar refractivity (Wildman–Crippen MR) is 47.8 cm³/mol. The molecule has 60 valence electrons. The van der Waals surface area contributed by atoms with Crippen molar-refractivity contribution in [3.05, 3.63) is 28.5 Å². The van der Waals surface area contributed by atoms with E-state index in [1.807, 2.05) is 18.3 Å². The quantitative estimate of drug-likeness (QED) is 0.581. The maximum absolute atomic E-state index is 5.27. The predicted octanol–water partition coefficient (Wildman–Crippen LogP) is 0.850. The monoisotopic (exact) mass is 215 g/mol. The standard InChI is InChI=1S/C7H10BrN3/c8-7-2-1-6(4-11-7)3-10-5-9/h1-2,4,10H,3,5,9H2. The molecule has 4 heteroatoms. The highest BCUT2D eigenvalue weighted by atomic mass is 79.9. The van der Waals surface area contributed by atoms with E-state index in [-0.39, 0.29) is 0 Å². The minimum atomic E-state index is 0.496. The van der Waals surface area contributed by atoms with Crippen LogP contribution >= 0.6 is 15.9 Å². The second-order valence-electron chi connectivity index (χ2n) is 2.12. The lowest BCUT2D eigenvalue weighted by atomic mass is 10.3. The van der Waals surface area contributed by atoms with Gasteiger partial charge in [-0.3, -0.25) is 0 Å². The molecular weight excluding hydrogens is 206 g/mol. The third-order valence-electron chi connectivity index (χ3n) is 1.26. The minimum Gasteiger partial charge on any atom is -0.318 e. The Kier molecular flexibility index (Phi) is 3.48. The van der Waals surface area contributed by atoms with Crippen LogP contribution in [0.25, 0.3) is 0 Å². The second kappa shape index (κ2) is 4.43. The molecule has 1 aromatic rings. The Hall–Kier alpha value is -0.450. The molecule has 0 aromatic carbocycles. The van der Waals surface area contributed by atoms with Crippen molar-refractivity contribution < 1.29 is 0 Å². The summed E-state index contributed by atoms with van der Waals surface area (Å²) in [4.78, 5) is 4.07. The van der Waals surface area contributed by atoms with Gasteiger partial charge in [-0.15, -0.1) is 0 Å². The van der Waals surface area contributed by atoms with Gasteiger partial charge in [-0.2, -0.15) is 0 Å². The van der Waals surface area contributed by atoms with E-state index in [0.29, 0.717) is 6.67 Å². The highest BCUT2D eigenvalue weighted by Crippen LogP contribution is 2.05. The zero-order valence-electron chi connectivity index (χ0n) is 6.05. The Balaban J connectivity index is 2.52. The molecule has 1 heterocycles. The first-order valence-corrected chi connectivity index (χ1v) is 4.13. The number of hydrogen-bond donors (Lipinski definition) is 2. The van der Waals surface area contributed by atoms with E-state index in [9.17, 15) is 0 Å². The van der Waals surface area contributed by atoms with E-state index in [1.165, 1.54) is 0 Å². The number of pyridine rings is 1. The molecule has 0 aliphatic rings. The molecule has 0 spiro atoms. The first-order chi connectivity index (χ1) is 5.33. The third kappa shape index (κ3) is 2.96. The second-order valence-corrected chi connectivity index (χ2v) is 2.93. The van der Waals surface area contributed by atoms with Crippen LogP contribution in [0.3, 0.4) is 0 Å². The molecule has 0 aliphatic carbocycles. The fourth-order valence-electron chi connectivity index (χ4n) is 0.728. The number of nitrogens with one attached hydrogen (secondary N) is 1. The van der Waals surface area contributed by atoms with Crippen molar-refractivity contribution in [1.29, 1.82) is 0 Å². The fourth-order valence-corrected chi connectivity index (χ4v) is 0.962. The summed E-state index contributed by atoms with van der Waals surface area (Å²) >= 11 is 3.26. The van der Waals surface area contributed by atoms with Gasteiger partial charge in [0.25, 0.3) is 0 Å². The van der Waals surface area contributed by atoms with Gasteiger partial charge >= 0.3 is 0 Å². The van der Waals surface area contributed by atoms with Crippen LogP contribution in [0, 0.1) is 0 Å². The lowest BCUT2D eigenvalue weighted by Gasteiger charge is -2.00. The molecule has 0 saturated heterocycles. The van der Waals surface area contributed by atoms with Gasteiger partial charge in [-0.25, -0.2) is 4.98 Å². The molecular formula is C7H10BrN3. The zero-order valence-corrected chi connectivity index (χ0v) is 7.63. The van der Waals surface area contributed by atoms with Gasteiger partial charge in [0.05, 0.1) is 0 Å². The van der Waals surface area contributed by atoms with E-state index in [4.69, 9.17) is 5.73 Å². The third-order valence-corrected chi connectivity index (χ3v) is 1.73. The SMILES string of the molecule is NCNCc1ccc(Br)nc1. The zero-order chi connectivity index (χ0) is 8.10. The van der Waals surface area contributed by atoms with E-state index in [2.05, 4.69) is 26.2 Å². The molecule has 0 bridgehead atoms. The molecule has 0 aliphatic heterocycles. The molecule has 0 fully saturated rings. The van der Waals surface area contributed by atoms with Crippen LogP contribution in [-0.2, 0) is 6.54 Å². The number of hydrogen-bond acceptors (Lipinski definition) is 3. The van der Waals surface area contributed by atoms with Gasteiger partial charge in [-0.05, 0) is 27.6 Å². The smallest absolute Gasteiger partial charge is 0.106 e. The van der Waals surface area contributed by atoms with Crippen molar-refractivity contribution in [3.63, 3.8) is 0 Å². The van der Waals surface area contributed by atoms with E-state index in [0.717, 1.165) is 16.7 Å². The van der Waals surface area contributed by atoms with Crippen molar-refractivity contribution >= 4 is 15.9 Å². The summed E-state index contributed by atoms with van der Waals surface area (Å²) in [6, 6.07) is 3.91. The van der Waals surface area contributed by atoms with Crippen LogP contribution < -0.4 is 11.1 Å². The number of halogens is 1. The van der Waals surface area contributed by atoms with Crippen LogP contribution in [-0.4, -0.2) is 11.7 Å². The highest BCUT2D eigenvalue weighted by Gasteiger charge is 1.90. The molecule has 1 rings (SSSR count). The Bertz CT molecular complexity index is 209. The van der Waals surface area contributed by atoms with Gasteiger partial charge in [0.1, 0.15) is 4.60 Å². The lowest BCUT2D eigenvalue weighted by molar-refractivity contribution is 0.706. The van der Waals surface area contributed by atoms with Crippen LogP contribution in [0.2, 0.25) is 0 Å². The van der Waals surface area contributed by atoms with Gasteiger partial charge in [0.15, 0.2) is 0 Å². The first-order valence-electron chi connectivity index (χ1n) is 3.34. The maximum Gasteiger partial charge on any atom is 0.106 e. The van der Waals surface area contributed by atoms with Crippen molar-refractivity contribution in [2.75, 3.05) is 6.67 Å². The summed E-state index contributed by atoms with van der Waals surface area (Å²) in [7, 11) is 0. The Morgan fingerprint density at radius 1 is 1.55 bits per heavy atom. The topological polar surface area (TPSA) is 50.9 Å². The number of nitrogens with zero attached hydrogens (tertiary/aromatic N) is 1. The van der Waals surface area contributed by atoms with Gasteiger partial charge in [0, 0.05) is 19.4 Å². The summed E-state index contributed by atoms with van der Waals surface area (Å²) in [5.41, 5.74) is 6.40. The highest BCUT2D eigenvalue weighted by molar-refractivity contribution is 9.10. The molecule has 0 atom stereocenters. The Morgan fingerprint density at radius 3 is 2.91 bits per heavy atom. The van der Waals surface area contributed by atoms with Crippen LogP contribution in [0.1, 0.15) is 5.56 Å². The van der Waals surface area contributed by atoms with Crippen molar-refractivity contribution in [2.45, 2.75) is 6.54 Å². The van der Waals surface area contributed by atoms with E-state index in [1.54, 1.807) is 0 Å². The average molecular weight is 216 g/mol. The molecule has 0 saturated carbocycles. The number of aromatic nitrogens is 1. The van der Waals surface area contributed by atoms with Crippen LogP contribution in [0.15, 0.2) is 22.9 Å². The Morgan fingerprint density at radius 2 is 2.36 bits per heavy atom. The number of nitrogens with two attached hydrogens (primary N) is 1. The van der Waals surface area contributed by atoms with Crippen molar-refractivity contribution in [1.82, 2.24) is 10.3 Å². The molecule has 0 radical (unpaired) electrons. The van der Waals surface area contributed by atoms with Crippen LogP contribution in [0.5, 0.6) is 0 Å². The van der Waals surface area contributed by atoms with E-state index >= 15 is 0 Å². The summed E-state index contributed by atoms with van der Waals surface area (Å²) in [5.74, 6) is 0. The fraction of sp³-hybridized carbons (Fsp3) is 0.286. The molecule has 3 N–H and O–H groups in total. The van der Waals surface area contributed by atoms with Gasteiger partial charge < -0.3 is 11.1 Å². The van der Waals surface area contributed by atoms with E-state index < -0.39 is 0 Å². The summed E-state index contributed by atoms with van der Waals surface area (Å²) in [5, 5.41) is 3.01. The summed E-state index contributed by atoms with van der Waals surface area (Å²) in [6.07, 6.45) is 1.81. The van der Waals surface area contributed by atoms with Crippen molar-refractivity contribution in [2.24, 2.45) is 5.73 Å². The van der Waals surface area contributed by atoms with Crippen molar-refractivity contribution in [3.8, 4) is 0 Å². The lowest BCUT2D eigenvalue weighted by Crippen LogP contribution is -2.21. The molecule has 11 heavy (non-hydrogen) atoms. The molecule has 3 nitrogen and oxygen atoms in total. The maximum atomic E-state index is 5.27. The number of rotatable bonds is 3. The van der Waals surface area contributed by atoms with Gasteiger partial charge in [-0.1, -0.05) is 6.07 Å². The molecule has 1 aromatic heterocycles. The summed E-state index contributed by atoms with van der Waals surface area (Å²) in [6.45, 7) is 1.27. The first kappa shape index (κ1) is 8.64. The average Bonchev–Trinajstić information content (AvgIpc) is 2.04. The summed E-state index contributed by atoms with van der Waals surface area (Å²) < 4.78 is 0.856. The molecule has 0 unspecified atom stereocenters. The largest absolute Gasteiger partial charge is 0.318 e. The van der Waals surface area contributed by atoms with Crippen LogP contribution in [0.4, 0.5) is 0 Å².